The highest BCUT2D eigenvalue weighted by Crippen LogP contribution is 2.35. The number of nitrogens with one attached hydrogen (secondary N) is 1. The van der Waals surface area contributed by atoms with E-state index in [0.717, 1.165) is 5.56 Å². The van der Waals surface area contributed by atoms with E-state index in [2.05, 4.69) is 5.32 Å². The van der Waals surface area contributed by atoms with Crippen LogP contribution < -0.4 is 10.1 Å². The Hall–Kier alpha value is -2.11. The molecule has 0 saturated carbocycles. The van der Waals surface area contributed by atoms with Crippen LogP contribution in [0.25, 0.3) is 0 Å². The van der Waals surface area contributed by atoms with Gasteiger partial charge in [0, 0.05) is 12.5 Å². The van der Waals surface area contributed by atoms with Crippen LogP contribution in [0.1, 0.15) is 18.9 Å². The summed E-state index contributed by atoms with van der Waals surface area (Å²) in [6.45, 7) is 2.14. The number of benzene rings is 1. The van der Waals surface area contributed by atoms with E-state index in [1.165, 1.54) is 6.07 Å². The average molecular weight is 236 g/mol. The maximum absolute atomic E-state index is 11.2. The van der Waals surface area contributed by atoms with Gasteiger partial charge >= 0.3 is 5.69 Å². The van der Waals surface area contributed by atoms with Gasteiger partial charge in [0.05, 0.1) is 17.2 Å². The molecule has 0 saturated heterocycles. The molecule has 1 aromatic carbocycles. The first-order valence-corrected chi connectivity index (χ1v) is 5.35. The molecule has 0 radical (unpaired) electrons. The standard InChI is InChI=1S/C11H12N2O4/c1-2-17-10-5-7-3-4-11(14)12-8(7)6-9(10)13(15)16/h5-6H,2-4H2,1H3,(H,12,14). The summed E-state index contributed by atoms with van der Waals surface area (Å²) in [6.07, 6.45) is 0.982. The highest BCUT2D eigenvalue weighted by atomic mass is 16.6. The molecule has 0 aromatic heterocycles. The largest absolute Gasteiger partial charge is 0.487 e. The molecule has 0 bridgehead atoms. The number of hydrogen-bond donors (Lipinski definition) is 1. The minimum Gasteiger partial charge on any atom is -0.487 e. The van der Waals surface area contributed by atoms with Gasteiger partial charge in [0.15, 0.2) is 5.75 Å². The van der Waals surface area contributed by atoms with Crippen molar-refractivity contribution in [2.75, 3.05) is 11.9 Å². The first-order valence-electron chi connectivity index (χ1n) is 5.35. The van der Waals surface area contributed by atoms with Crippen LogP contribution in [0.2, 0.25) is 0 Å². The van der Waals surface area contributed by atoms with Gasteiger partial charge in [-0.15, -0.1) is 0 Å². The molecule has 0 atom stereocenters. The molecule has 0 aliphatic carbocycles. The Kier molecular flexibility index (Phi) is 2.95. The molecule has 0 unspecified atom stereocenters. The van der Waals surface area contributed by atoms with Crippen molar-refractivity contribution in [1.82, 2.24) is 0 Å². The van der Waals surface area contributed by atoms with E-state index in [1.807, 2.05) is 0 Å². The summed E-state index contributed by atoms with van der Waals surface area (Å²) in [5.41, 5.74) is 1.27. The lowest BCUT2D eigenvalue weighted by atomic mass is 10.0. The lowest BCUT2D eigenvalue weighted by Crippen LogP contribution is -2.19. The van der Waals surface area contributed by atoms with E-state index in [0.29, 0.717) is 25.1 Å². The second-order valence-electron chi connectivity index (χ2n) is 3.72. The summed E-state index contributed by atoms with van der Waals surface area (Å²) in [5.74, 6) is 0.142. The summed E-state index contributed by atoms with van der Waals surface area (Å²) >= 11 is 0. The van der Waals surface area contributed by atoms with Crippen molar-refractivity contribution < 1.29 is 14.5 Å². The molecular weight excluding hydrogens is 224 g/mol. The smallest absolute Gasteiger partial charge is 0.313 e. The van der Waals surface area contributed by atoms with Crippen molar-refractivity contribution in [3.8, 4) is 5.75 Å². The van der Waals surface area contributed by atoms with E-state index < -0.39 is 4.92 Å². The topological polar surface area (TPSA) is 81.5 Å². The number of fused-ring (bicyclic) bond motifs is 1. The van der Waals surface area contributed by atoms with Crippen LogP contribution >= 0.6 is 0 Å². The summed E-state index contributed by atoms with van der Waals surface area (Å²) in [7, 11) is 0. The highest BCUT2D eigenvalue weighted by molar-refractivity contribution is 5.94. The Morgan fingerprint density at radius 2 is 2.24 bits per heavy atom. The third-order valence-corrected chi connectivity index (χ3v) is 2.58. The highest BCUT2D eigenvalue weighted by Gasteiger charge is 2.23. The molecule has 1 aliphatic rings. The van der Waals surface area contributed by atoms with Crippen LogP contribution in [-0.4, -0.2) is 17.4 Å². The molecule has 2 rings (SSSR count). The van der Waals surface area contributed by atoms with E-state index >= 15 is 0 Å². The van der Waals surface area contributed by atoms with E-state index in [-0.39, 0.29) is 17.3 Å². The van der Waals surface area contributed by atoms with Gasteiger partial charge in [0.25, 0.3) is 0 Å². The predicted molar refractivity (Wildman–Crippen MR) is 61.2 cm³/mol. The normalized spacial score (nSPS) is 13.8. The summed E-state index contributed by atoms with van der Waals surface area (Å²) < 4.78 is 5.24. The van der Waals surface area contributed by atoms with Crippen molar-refractivity contribution >= 4 is 17.3 Å². The van der Waals surface area contributed by atoms with Gasteiger partial charge < -0.3 is 10.1 Å². The van der Waals surface area contributed by atoms with Crippen LogP contribution in [0, 0.1) is 10.1 Å². The average Bonchev–Trinajstić information content (AvgIpc) is 2.28. The number of ether oxygens (including phenoxy) is 1. The molecule has 1 aliphatic heterocycles. The molecule has 6 nitrogen and oxygen atoms in total. The lowest BCUT2D eigenvalue weighted by Gasteiger charge is -2.17. The van der Waals surface area contributed by atoms with Crippen molar-refractivity contribution in [2.45, 2.75) is 19.8 Å². The fourth-order valence-electron chi connectivity index (χ4n) is 1.81. The molecule has 1 N–H and O–H groups in total. The second-order valence-corrected chi connectivity index (χ2v) is 3.72. The quantitative estimate of drug-likeness (QED) is 0.641. The van der Waals surface area contributed by atoms with E-state index in [4.69, 9.17) is 4.74 Å². The van der Waals surface area contributed by atoms with Gasteiger partial charge in [0.2, 0.25) is 5.91 Å². The summed E-state index contributed by atoms with van der Waals surface area (Å²) in [4.78, 5) is 21.6. The molecule has 90 valence electrons. The number of rotatable bonds is 3. The number of anilines is 1. The van der Waals surface area contributed by atoms with E-state index in [1.54, 1.807) is 13.0 Å². The van der Waals surface area contributed by atoms with Crippen LogP contribution in [0.3, 0.4) is 0 Å². The molecular formula is C11H12N2O4. The maximum Gasteiger partial charge on any atom is 0.313 e. The Bertz CT molecular complexity index is 485. The third kappa shape index (κ3) is 2.20. The van der Waals surface area contributed by atoms with Gasteiger partial charge in [-0.05, 0) is 25.0 Å². The van der Waals surface area contributed by atoms with Crippen molar-refractivity contribution in [2.24, 2.45) is 0 Å². The number of carbonyl (C=O) groups excluding carboxylic acids is 1. The monoisotopic (exact) mass is 236 g/mol. The number of amides is 1. The fraction of sp³-hybridized carbons (Fsp3) is 0.364. The number of nitrogens with zero attached hydrogens (tertiary/aromatic N) is 1. The Labute approximate surface area is 97.7 Å². The molecule has 6 heteroatoms. The molecule has 0 spiro atoms. The second kappa shape index (κ2) is 4.40. The number of aryl methyl sites for hydroxylation is 1. The molecule has 1 amide bonds. The lowest BCUT2D eigenvalue weighted by molar-refractivity contribution is -0.385. The van der Waals surface area contributed by atoms with E-state index in [9.17, 15) is 14.9 Å². The zero-order valence-corrected chi connectivity index (χ0v) is 9.36. The van der Waals surface area contributed by atoms with Crippen molar-refractivity contribution in [3.05, 3.63) is 27.8 Å². The van der Waals surface area contributed by atoms with Crippen LogP contribution in [0.5, 0.6) is 5.75 Å². The number of nitro groups is 1. The molecule has 17 heavy (non-hydrogen) atoms. The van der Waals surface area contributed by atoms with Gasteiger partial charge in [-0.25, -0.2) is 0 Å². The third-order valence-electron chi connectivity index (χ3n) is 2.58. The SMILES string of the molecule is CCOc1cc2c(cc1[N+](=O)[O-])NC(=O)CC2. The Morgan fingerprint density at radius 1 is 1.47 bits per heavy atom. The summed E-state index contributed by atoms with van der Waals surface area (Å²) in [5, 5.41) is 13.5. The molecule has 0 fully saturated rings. The van der Waals surface area contributed by atoms with Gasteiger partial charge in [-0.2, -0.15) is 0 Å². The Morgan fingerprint density at radius 3 is 2.88 bits per heavy atom. The minimum absolute atomic E-state index is 0.115. The van der Waals surface area contributed by atoms with Crippen LogP contribution in [0.4, 0.5) is 11.4 Å². The molecule has 1 aromatic rings. The van der Waals surface area contributed by atoms with Gasteiger partial charge in [-0.1, -0.05) is 0 Å². The van der Waals surface area contributed by atoms with Crippen LogP contribution in [-0.2, 0) is 11.2 Å². The predicted octanol–water partition coefficient (Wildman–Crippen LogP) is 1.88. The zero-order valence-electron chi connectivity index (χ0n) is 9.36. The first-order chi connectivity index (χ1) is 8.11. The van der Waals surface area contributed by atoms with Crippen molar-refractivity contribution in [1.29, 1.82) is 0 Å². The Balaban J connectivity index is 2.47. The van der Waals surface area contributed by atoms with Crippen molar-refractivity contribution in [3.63, 3.8) is 0 Å². The maximum atomic E-state index is 11.2. The molecule has 1 heterocycles. The number of nitro benzene ring substituents is 1. The van der Waals surface area contributed by atoms with Crippen LogP contribution in [0.15, 0.2) is 12.1 Å². The van der Waals surface area contributed by atoms with Gasteiger partial charge in [0.1, 0.15) is 0 Å². The zero-order chi connectivity index (χ0) is 12.4. The first kappa shape index (κ1) is 11.4. The fourth-order valence-corrected chi connectivity index (χ4v) is 1.81. The minimum atomic E-state index is -0.508. The number of hydrogen-bond acceptors (Lipinski definition) is 4. The number of carbonyl (C=O) groups is 1. The van der Waals surface area contributed by atoms with Gasteiger partial charge in [-0.3, -0.25) is 14.9 Å². The summed E-state index contributed by atoms with van der Waals surface area (Å²) in [6, 6.07) is 2.99.